The first-order valence-electron chi connectivity index (χ1n) is 12.3. The molecule has 2 aromatic rings. The molecule has 2 aliphatic rings. The van der Waals surface area contributed by atoms with E-state index in [0.29, 0.717) is 42.3 Å². The third-order valence-electron chi connectivity index (χ3n) is 5.90. The average molecular weight is 385 g/mol. The van der Waals surface area contributed by atoms with Gasteiger partial charge in [-0.3, -0.25) is 9.69 Å². The Hall–Kier alpha value is -2.33. The Kier molecular flexibility index (Phi) is 4.11. The number of Topliss-reactive ketones (excluding diaryl/α,β-unsaturated/α-hetero) is 1. The highest BCUT2D eigenvalue weighted by atomic mass is 16.5. The number of rotatable bonds is 6. The molecule has 4 nitrogen and oxygen atoms in total. The molecule has 28 heavy (non-hydrogen) atoms. The summed E-state index contributed by atoms with van der Waals surface area (Å²) < 4.78 is 49.5. The van der Waals surface area contributed by atoms with E-state index in [1.165, 1.54) is 13.2 Å². The molecule has 1 unspecified atom stereocenters. The average Bonchev–Trinajstić information content (AvgIpc) is 3.07. The Morgan fingerprint density at radius 3 is 2.61 bits per heavy atom. The second-order valence-electron chi connectivity index (χ2n) is 7.67. The monoisotopic (exact) mass is 384 g/mol. The van der Waals surface area contributed by atoms with Crippen molar-refractivity contribution in [3.05, 3.63) is 59.2 Å². The standard InChI is InChI=1S/C24H29NO3/c1-27-22-14-19-13-20(24(26)21(19)15-23(22)28-2)12-17-8-10-25(11-9-17)16-18-6-4-3-5-7-18/h3-7,14-15,17,20H,8-13,16H2,1-2H3/i2D3,16D2. The fraction of sp³-hybridized carbons (Fsp3) is 0.458. The van der Waals surface area contributed by atoms with Gasteiger partial charge in [-0.1, -0.05) is 30.3 Å². The van der Waals surface area contributed by atoms with Crippen LogP contribution in [0.1, 0.15) is 47.6 Å². The zero-order valence-electron chi connectivity index (χ0n) is 21.1. The second kappa shape index (κ2) is 8.36. The van der Waals surface area contributed by atoms with Crippen LogP contribution in [0.3, 0.4) is 0 Å². The lowest BCUT2D eigenvalue weighted by molar-refractivity contribution is 0.0895. The molecule has 4 rings (SSSR count). The molecule has 4 heteroatoms. The number of nitrogens with zero attached hydrogens (tertiary/aromatic N) is 1. The normalized spacial score (nSPS) is 23.8. The molecule has 0 radical (unpaired) electrons. The van der Waals surface area contributed by atoms with Crippen molar-refractivity contribution in [3.8, 4) is 11.5 Å². The molecule has 1 aliphatic carbocycles. The van der Waals surface area contributed by atoms with Crippen molar-refractivity contribution >= 4 is 5.78 Å². The largest absolute Gasteiger partial charge is 0.493 e. The molecule has 0 bridgehead atoms. The van der Waals surface area contributed by atoms with E-state index < -0.39 is 13.5 Å². The highest BCUT2D eigenvalue weighted by Gasteiger charge is 2.34. The smallest absolute Gasteiger partial charge is 0.166 e. The van der Waals surface area contributed by atoms with E-state index in [-0.39, 0.29) is 17.5 Å². The highest BCUT2D eigenvalue weighted by molar-refractivity contribution is 6.02. The van der Waals surface area contributed by atoms with E-state index in [2.05, 4.69) is 0 Å². The summed E-state index contributed by atoms with van der Waals surface area (Å²) in [6.45, 7) is -0.225. The van der Waals surface area contributed by atoms with E-state index in [4.69, 9.17) is 16.3 Å². The molecule has 2 aromatic carbocycles. The Morgan fingerprint density at radius 1 is 1.14 bits per heavy atom. The third kappa shape index (κ3) is 3.93. The first kappa shape index (κ1) is 13.8. The Labute approximate surface area is 174 Å². The molecule has 1 aliphatic heterocycles. The quantitative estimate of drug-likeness (QED) is 0.742. The van der Waals surface area contributed by atoms with Crippen LogP contribution in [0.5, 0.6) is 11.5 Å². The number of likely N-dealkylation sites (tertiary alicyclic amines) is 1. The zero-order chi connectivity index (χ0) is 23.8. The number of methoxy groups -OCH3 is 2. The first-order valence-corrected chi connectivity index (χ1v) is 9.83. The summed E-state index contributed by atoms with van der Waals surface area (Å²) in [6, 6.07) is 12.4. The second-order valence-corrected chi connectivity index (χ2v) is 7.67. The number of piperidine rings is 1. The summed E-state index contributed by atoms with van der Waals surface area (Å²) >= 11 is 0. The molecule has 0 N–H and O–H groups in total. The SMILES string of the molecule is [2H]C([2H])([2H])Oc1cc2c(cc1OC)CC(CC1CCN(C([2H])([2H])c3ccccc3)CC1)C2=O. The predicted molar refractivity (Wildman–Crippen MR) is 110 cm³/mol. The molecule has 0 amide bonds. The van der Waals surface area contributed by atoms with Crippen molar-refractivity contribution < 1.29 is 21.1 Å². The molecular weight excluding hydrogens is 350 g/mol. The van der Waals surface area contributed by atoms with Crippen LogP contribution in [0.25, 0.3) is 0 Å². The van der Waals surface area contributed by atoms with Gasteiger partial charge in [0, 0.05) is 20.7 Å². The molecule has 148 valence electrons. The van der Waals surface area contributed by atoms with Gasteiger partial charge in [-0.2, -0.15) is 0 Å². The maximum absolute atomic E-state index is 13.1. The minimum atomic E-state index is -2.62. The molecule has 1 saturated heterocycles. The number of hydrogen-bond acceptors (Lipinski definition) is 4. The summed E-state index contributed by atoms with van der Waals surface area (Å²) in [6.07, 6.45) is 3.02. The third-order valence-corrected chi connectivity index (χ3v) is 5.90. The van der Waals surface area contributed by atoms with Crippen LogP contribution in [0, 0.1) is 11.8 Å². The Bertz CT molecular complexity index is 1000. The summed E-state index contributed by atoms with van der Waals surface area (Å²) in [7, 11) is -1.18. The predicted octanol–water partition coefficient (Wildman–Crippen LogP) is 4.36. The van der Waals surface area contributed by atoms with Gasteiger partial charge in [-0.05, 0) is 68.0 Å². The number of carbonyl (C=O) groups is 1. The summed E-state index contributed by atoms with van der Waals surface area (Å²) in [5.74, 6) is 0.577. The van der Waals surface area contributed by atoms with Crippen LogP contribution in [0.4, 0.5) is 0 Å². The number of hydrogen-bond donors (Lipinski definition) is 0. The van der Waals surface area contributed by atoms with E-state index in [1.807, 2.05) is 35.2 Å². The summed E-state index contributed by atoms with van der Waals surface area (Å²) in [5.41, 5.74) is 2.03. The van der Waals surface area contributed by atoms with Crippen LogP contribution >= 0.6 is 0 Å². The minimum absolute atomic E-state index is 0.0186. The minimum Gasteiger partial charge on any atom is -0.493 e. The molecule has 1 atom stereocenters. The van der Waals surface area contributed by atoms with Crippen LogP contribution < -0.4 is 9.47 Å². The maximum atomic E-state index is 13.1. The van der Waals surface area contributed by atoms with Crippen molar-refractivity contribution in [1.29, 1.82) is 0 Å². The Balaban J connectivity index is 1.40. The molecule has 1 heterocycles. The summed E-state index contributed by atoms with van der Waals surface area (Å²) in [4.78, 5) is 15.0. The number of benzene rings is 2. The van der Waals surface area contributed by atoms with E-state index in [0.717, 1.165) is 24.8 Å². The molecular formula is C24H29NO3. The lowest BCUT2D eigenvalue weighted by Gasteiger charge is -2.32. The highest BCUT2D eigenvalue weighted by Crippen LogP contribution is 2.39. The van der Waals surface area contributed by atoms with Gasteiger partial charge in [0.05, 0.1) is 18.3 Å². The van der Waals surface area contributed by atoms with Crippen LogP contribution in [-0.2, 0) is 12.9 Å². The van der Waals surface area contributed by atoms with Gasteiger partial charge in [0.25, 0.3) is 0 Å². The lowest BCUT2D eigenvalue weighted by atomic mass is 9.85. The van der Waals surface area contributed by atoms with Crippen LogP contribution in [0.15, 0.2) is 42.5 Å². The first-order chi connectivity index (χ1) is 15.6. The zero-order valence-corrected chi connectivity index (χ0v) is 16.1. The van der Waals surface area contributed by atoms with Crippen molar-refractivity contribution in [2.75, 3.05) is 27.2 Å². The van der Waals surface area contributed by atoms with Crippen molar-refractivity contribution in [2.24, 2.45) is 11.8 Å². The molecule has 1 fully saturated rings. The fourth-order valence-corrected chi connectivity index (χ4v) is 4.39. The van der Waals surface area contributed by atoms with Gasteiger partial charge >= 0.3 is 0 Å². The number of carbonyl (C=O) groups excluding carboxylic acids is 1. The van der Waals surface area contributed by atoms with E-state index in [1.54, 1.807) is 6.07 Å². The topological polar surface area (TPSA) is 38.8 Å². The van der Waals surface area contributed by atoms with Crippen molar-refractivity contribution in [3.63, 3.8) is 0 Å². The van der Waals surface area contributed by atoms with E-state index in [9.17, 15) is 4.79 Å². The number of ketones is 1. The van der Waals surface area contributed by atoms with Gasteiger partial charge in [0.1, 0.15) is 0 Å². The number of fused-ring (bicyclic) bond motifs is 1. The molecule has 0 saturated carbocycles. The Morgan fingerprint density at radius 2 is 1.89 bits per heavy atom. The van der Waals surface area contributed by atoms with Gasteiger partial charge < -0.3 is 9.47 Å². The van der Waals surface area contributed by atoms with Gasteiger partial charge in [0.2, 0.25) is 0 Å². The fourth-order valence-electron chi connectivity index (χ4n) is 4.39. The van der Waals surface area contributed by atoms with Crippen molar-refractivity contribution in [2.45, 2.75) is 32.2 Å². The van der Waals surface area contributed by atoms with Crippen molar-refractivity contribution in [1.82, 2.24) is 4.90 Å². The lowest BCUT2D eigenvalue weighted by Crippen LogP contribution is -2.34. The van der Waals surface area contributed by atoms with Gasteiger partial charge in [0.15, 0.2) is 17.3 Å². The molecule has 0 aromatic heterocycles. The van der Waals surface area contributed by atoms with Gasteiger partial charge in [-0.15, -0.1) is 0 Å². The summed E-state index contributed by atoms with van der Waals surface area (Å²) in [5, 5.41) is 0. The van der Waals surface area contributed by atoms with Crippen LogP contribution in [0.2, 0.25) is 0 Å². The molecule has 0 spiro atoms. The number of ether oxygens (including phenoxy) is 2. The van der Waals surface area contributed by atoms with E-state index >= 15 is 0 Å². The van der Waals surface area contributed by atoms with Gasteiger partial charge in [-0.25, -0.2) is 0 Å². The van der Waals surface area contributed by atoms with Crippen LogP contribution in [-0.4, -0.2) is 37.9 Å². The maximum Gasteiger partial charge on any atom is 0.166 e.